The van der Waals surface area contributed by atoms with Crippen molar-refractivity contribution in [1.82, 2.24) is 9.97 Å². The highest BCUT2D eigenvalue weighted by atomic mass is 15.0. The first-order valence-corrected chi connectivity index (χ1v) is 7.31. The van der Waals surface area contributed by atoms with Crippen molar-refractivity contribution in [3.05, 3.63) is 30.5 Å². The molecule has 0 saturated carbocycles. The number of aromatic nitrogens is 2. The van der Waals surface area contributed by atoms with E-state index in [9.17, 15) is 0 Å². The van der Waals surface area contributed by atoms with Crippen LogP contribution in [-0.2, 0) is 0 Å². The number of rotatable bonds is 7. The van der Waals surface area contributed by atoms with Crippen LogP contribution in [-0.4, -0.2) is 16.0 Å². The monoisotopic (exact) mass is 257 g/mol. The topological polar surface area (TPSA) is 37.8 Å². The minimum absolute atomic E-state index is 0.514. The summed E-state index contributed by atoms with van der Waals surface area (Å²) in [6, 6.07) is 8.51. The molecule has 0 aliphatic carbocycles. The first-order valence-electron chi connectivity index (χ1n) is 7.31. The van der Waals surface area contributed by atoms with Crippen LogP contribution in [0.2, 0.25) is 0 Å². The Morgan fingerprint density at radius 3 is 2.58 bits per heavy atom. The fraction of sp³-hybridized carbons (Fsp3) is 0.500. The van der Waals surface area contributed by atoms with Gasteiger partial charge in [-0.1, -0.05) is 45.2 Å². The van der Waals surface area contributed by atoms with Gasteiger partial charge in [-0.15, -0.1) is 0 Å². The lowest BCUT2D eigenvalue weighted by Crippen LogP contribution is -2.20. The number of nitrogens with zero attached hydrogens (tertiary/aromatic N) is 2. The van der Waals surface area contributed by atoms with Gasteiger partial charge in [0.1, 0.15) is 5.82 Å². The van der Waals surface area contributed by atoms with Crippen LogP contribution in [0.15, 0.2) is 30.5 Å². The zero-order valence-corrected chi connectivity index (χ0v) is 11.9. The van der Waals surface area contributed by atoms with Crippen LogP contribution >= 0.6 is 0 Å². The van der Waals surface area contributed by atoms with E-state index in [-0.39, 0.29) is 0 Å². The molecule has 1 heterocycles. The second kappa shape index (κ2) is 7.07. The van der Waals surface area contributed by atoms with Gasteiger partial charge in [0.2, 0.25) is 0 Å². The number of anilines is 1. The van der Waals surface area contributed by atoms with Gasteiger partial charge in [-0.2, -0.15) is 0 Å². The summed E-state index contributed by atoms with van der Waals surface area (Å²) in [4.78, 5) is 9.08. The molecule has 2 aromatic rings. The minimum Gasteiger partial charge on any atom is -0.366 e. The van der Waals surface area contributed by atoms with Crippen LogP contribution in [0.4, 0.5) is 5.82 Å². The molecule has 102 valence electrons. The van der Waals surface area contributed by atoms with Crippen molar-refractivity contribution < 1.29 is 0 Å². The Morgan fingerprint density at radius 1 is 1.05 bits per heavy atom. The van der Waals surface area contributed by atoms with Gasteiger partial charge >= 0.3 is 0 Å². The highest BCUT2D eigenvalue weighted by Gasteiger charge is 2.08. The van der Waals surface area contributed by atoms with Gasteiger partial charge in [0.25, 0.3) is 0 Å². The van der Waals surface area contributed by atoms with E-state index in [0.29, 0.717) is 6.04 Å². The van der Waals surface area contributed by atoms with E-state index < -0.39 is 0 Å². The molecule has 2 rings (SSSR count). The first kappa shape index (κ1) is 13.8. The molecular formula is C16H23N3. The van der Waals surface area contributed by atoms with E-state index in [4.69, 9.17) is 0 Å². The van der Waals surface area contributed by atoms with E-state index in [1.165, 1.54) is 32.1 Å². The summed E-state index contributed by atoms with van der Waals surface area (Å²) in [6.07, 6.45) is 7.94. The molecule has 19 heavy (non-hydrogen) atoms. The van der Waals surface area contributed by atoms with Crippen LogP contribution in [0.5, 0.6) is 0 Å². The Bertz CT molecular complexity index is 510. The van der Waals surface area contributed by atoms with Gasteiger partial charge in [0.15, 0.2) is 0 Å². The van der Waals surface area contributed by atoms with Crippen LogP contribution in [0.1, 0.15) is 46.0 Å². The molecule has 0 saturated heterocycles. The van der Waals surface area contributed by atoms with Gasteiger partial charge in [-0.05, 0) is 25.0 Å². The zero-order valence-electron chi connectivity index (χ0n) is 11.9. The maximum atomic E-state index is 4.63. The quantitative estimate of drug-likeness (QED) is 0.798. The van der Waals surface area contributed by atoms with Gasteiger partial charge < -0.3 is 5.32 Å². The highest BCUT2D eigenvalue weighted by Crippen LogP contribution is 2.15. The van der Waals surface area contributed by atoms with Crippen LogP contribution in [0.25, 0.3) is 11.0 Å². The molecule has 0 aliphatic heterocycles. The normalized spacial score (nSPS) is 12.5. The summed E-state index contributed by atoms with van der Waals surface area (Å²) in [5.74, 6) is 0.897. The molecule has 0 bridgehead atoms. The Hall–Kier alpha value is -1.64. The molecule has 1 aromatic carbocycles. The number of unbranched alkanes of at least 4 members (excludes halogenated alkanes) is 1. The second-order valence-electron chi connectivity index (χ2n) is 5.02. The van der Waals surface area contributed by atoms with Crippen LogP contribution < -0.4 is 5.32 Å². The maximum absolute atomic E-state index is 4.63. The van der Waals surface area contributed by atoms with Gasteiger partial charge in [0, 0.05) is 6.04 Å². The lowest BCUT2D eigenvalue weighted by Gasteiger charge is -2.18. The second-order valence-corrected chi connectivity index (χ2v) is 5.02. The molecule has 1 atom stereocenters. The smallest absolute Gasteiger partial charge is 0.145 e. The number of nitrogens with one attached hydrogen (secondary N) is 1. The van der Waals surface area contributed by atoms with Crippen molar-refractivity contribution >= 4 is 16.9 Å². The summed E-state index contributed by atoms with van der Waals surface area (Å²) in [5, 5.41) is 3.53. The van der Waals surface area contributed by atoms with Crippen molar-refractivity contribution in [1.29, 1.82) is 0 Å². The van der Waals surface area contributed by atoms with Gasteiger partial charge in [0.05, 0.1) is 17.2 Å². The van der Waals surface area contributed by atoms with Crippen molar-refractivity contribution in [2.24, 2.45) is 0 Å². The number of para-hydroxylation sites is 2. The van der Waals surface area contributed by atoms with E-state index in [1.54, 1.807) is 0 Å². The van der Waals surface area contributed by atoms with E-state index in [0.717, 1.165) is 16.9 Å². The number of fused-ring (bicyclic) bond motifs is 1. The van der Waals surface area contributed by atoms with E-state index in [1.807, 2.05) is 30.5 Å². The van der Waals surface area contributed by atoms with Gasteiger partial charge in [-0.3, -0.25) is 4.98 Å². The molecule has 0 spiro atoms. The maximum Gasteiger partial charge on any atom is 0.145 e. The SMILES string of the molecule is CCCCC(CCC)Nc1cnc2ccccc2n1. The molecular weight excluding hydrogens is 234 g/mol. The molecule has 0 radical (unpaired) electrons. The molecule has 0 fully saturated rings. The predicted octanol–water partition coefficient (Wildman–Crippen LogP) is 4.40. The summed E-state index contributed by atoms with van der Waals surface area (Å²) < 4.78 is 0. The molecule has 1 unspecified atom stereocenters. The van der Waals surface area contributed by atoms with Crippen molar-refractivity contribution in [3.63, 3.8) is 0 Å². The third kappa shape index (κ3) is 3.91. The third-order valence-corrected chi connectivity index (χ3v) is 3.34. The summed E-state index contributed by atoms with van der Waals surface area (Å²) in [7, 11) is 0. The van der Waals surface area contributed by atoms with Crippen LogP contribution in [0, 0.1) is 0 Å². The Morgan fingerprint density at radius 2 is 1.84 bits per heavy atom. The number of hydrogen-bond acceptors (Lipinski definition) is 3. The first-order chi connectivity index (χ1) is 9.33. The lowest BCUT2D eigenvalue weighted by atomic mass is 10.1. The summed E-state index contributed by atoms with van der Waals surface area (Å²) in [5.41, 5.74) is 1.91. The van der Waals surface area contributed by atoms with Gasteiger partial charge in [-0.25, -0.2) is 4.98 Å². The largest absolute Gasteiger partial charge is 0.366 e. The van der Waals surface area contributed by atoms with E-state index in [2.05, 4.69) is 29.1 Å². The molecule has 0 amide bonds. The fourth-order valence-electron chi connectivity index (χ4n) is 2.32. The summed E-state index contributed by atoms with van der Waals surface area (Å²) >= 11 is 0. The lowest BCUT2D eigenvalue weighted by molar-refractivity contribution is 0.563. The molecule has 3 heteroatoms. The van der Waals surface area contributed by atoms with Crippen molar-refractivity contribution in [3.8, 4) is 0 Å². The molecule has 0 aliphatic rings. The molecule has 1 N–H and O–H groups in total. The number of benzene rings is 1. The minimum atomic E-state index is 0.514. The highest BCUT2D eigenvalue weighted by molar-refractivity contribution is 5.75. The Labute approximate surface area is 115 Å². The van der Waals surface area contributed by atoms with Crippen molar-refractivity contribution in [2.75, 3.05) is 5.32 Å². The predicted molar refractivity (Wildman–Crippen MR) is 81.4 cm³/mol. The molecule has 1 aromatic heterocycles. The average Bonchev–Trinajstić information content (AvgIpc) is 2.45. The van der Waals surface area contributed by atoms with E-state index >= 15 is 0 Å². The van der Waals surface area contributed by atoms with Crippen LogP contribution in [0.3, 0.4) is 0 Å². The number of hydrogen-bond donors (Lipinski definition) is 1. The van der Waals surface area contributed by atoms with Crippen molar-refractivity contribution in [2.45, 2.75) is 52.0 Å². The fourth-order valence-corrected chi connectivity index (χ4v) is 2.32. The zero-order chi connectivity index (χ0) is 13.5. The summed E-state index contributed by atoms with van der Waals surface area (Å²) in [6.45, 7) is 4.46. The third-order valence-electron chi connectivity index (χ3n) is 3.34. The standard InChI is InChI=1S/C16H23N3/c1-3-5-9-13(8-4-2)18-16-12-17-14-10-6-7-11-15(14)19-16/h6-7,10-13H,3-5,8-9H2,1-2H3,(H,18,19). The Kier molecular flexibility index (Phi) is 5.13. The Balaban J connectivity index is 2.09. The average molecular weight is 257 g/mol. The molecule has 3 nitrogen and oxygen atoms in total.